The Balaban J connectivity index is 2.26. The van der Waals surface area contributed by atoms with E-state index >= 15 is 0 Å². The molecule has 1 unspecified atom stereocenters. The molecule has 0 saturated heterocycles. The van der Waals surface area contributed by atoms with E-state index in [9.17, 15) is 0 Å². The maximum atomic E-state index is 7.27. The Hall–Kier alpha value is -2.50. The van der Waals surface area contributed by atoms with Crippen LogP contribution in [0.2, 0.25) is 0 Å². The Morgan fingerprint density at radius 2 is 1.26 bits per heavy atom. The average Bonchev–Trinajstić information content (AvgIpc) is 2.84. The van der Waals surface area contributed by atoms with Gasteiger partial charge in [0.15, 0.2) is 0 Å². The van der Waals surface area contributed by atoms with Gasteiger partial charge in [-0.2, -0.15) is 0 Å². The molecular weight excluding hydrogens is 435 g/mol. The van der Waals surface area contributed by atoms with Gasteiger partial charge >= 0.3 is 0 Å². The Labute approximate surface area is 207 Å². The van der Waals surface area contributed by atoms with Gasteiger partial charge in [-0.05, 0) is 51.3 Å². The van der Waals surface area contributed by atoms with Crippen molar-refractivity contribution in [3.05, 3.63) is 119 Å². The third-order valence-electron chi connectivity index (χ3n) is 6.21. The minimum Gasteiger partial charge on any atom is -0.336 e. The van der Waals surface area contributed by atoms with Gasteiger partial charge in [0.2, 0.25) is 6.54 Å². The molecule has 4 heteroatoms. The van der Waals surface area contributed by atoms with Gasteiger partial charge in [-0.1, -0.05) is 90.5 Å². The predicted octanol–water partition coefficient (Wildman–Crippen LogP) is 7.70. The average molecular weight is 473 g/mol. The summed E-state index contributed by atoms with van der Waals surface area (Å²) in [6.45, 7) is 19.2. The topological polar surface area (TPSA) is 16.8 Å². The Bertz CT molecular complexity index is 995. The molecular formula is C30H37N2OP. The molecule has 178 valence electrons. The fourth-order valence-electron chi connectivity index (χ4n) is 4.76. The summed E-state index contributed by atoms with van der Waals surface area (Å²) < 4.78 is 9.10. The van der Waals surface area contributed by atoms with E-state index < -0.39 is 8.30 Å². The van der Waals surface area contributed by atoms with Gasteiger partial charge in [0, 0.05) is 18.2 Å². The third-order valence-corrected chi connectivity index (χ3v) is 8.87. The van der Waals surface area contributed by atoms with E-state index in [2.05, 4.69) is 129 Å². The summed E-state index contributed by atoms with van der Waals surface area (Å²) in [5, 5.41) is 0. The second-order valence-corrected chi connectivity index (χ2v) is 11.0. The highest BCUT2D eigenvalue weighted by atomic mass is 31.2. The van der Waals surface area contributed by atoms with Gasteiger partial charge in [0.1, 0.15) is 14.9 Å². The summed E-state index contributed by atoms with van der Waals surface area (Å²) in [6, 6.07) is 31.3. The minimum absolute atomic E-state index is 0.335. The normalized spacial score (nSPS) is 12.8. The van der Waals surface area contributed by atoms with Crippen LogP contribution in [0.25, 0.3) is 4.85 Å². The van der Waals surface area contributed by atoms with E-state index in [1.165, 1.54) is 22.3 Å². The van der Waals surface area contributed by atoms with Gasteiger partial charge in [-0.15, -0.1) is 0 Å². The zero-order valence-electron chi connectivity index (χ0n) is 21.1. The summed E-state index contributed by atoms with van der Waals surface area (Å²) in [5.74, 6) is 0. The van der Waals surface area contributed by atoms with Crippen molar-refractivity contribution in [3.63, 3.8) is 0 Å². The SMILES string of the molecule is [C-]#[N+]CCOP(CC(c1ccccc1)(c1ccccc1)c1ccc(C)cc1)N(C(C)C)C(C)C. The zero-order chi connectivity index (χ0) is 24.6. The van der Waals surface area contributed by atoms with Crippen molar-refractivity contribution < 1.29 is 4.52 Å². The molecule has 0 aliphatic rings. The Morgan fingerprint density at radius 1 is 0.794 bits per heavy atom. The Kier molecular flexibility index (Phi) is 9.43. The summed E-state index contributed by atoms with van der Waals surface area (Å²) >= 11 is 0. The molecule has 0 N–H and O–H groups in total. The first-order chi connectivity index (χ1) is 16.4. The van der Waals surface area contributed by atoms with Gasteiger partial charge in [0.05, 0.1) is 5.41 Å². The van der Waals surface area contributed by atoms with Crippen LogP contribution in [0.1, 0.15) is 49.9 Å². The molecule has 0 radical (unpaired) electrons. The highest BCUT2D eigenvalue weighted by Crippen LogP contribution is 2.54. The van der Waals surface area contributed by atoms with Crippen LogP contribution in [0.5, 0.6) is 0 Å². The molecule has 0 bridgehead atoms. The largest absolute Gasteiger partial charge is 0.336 e. The van der Waals surface area contributed by atoms with E-state index in [1.807, 2.05) is 0 Å². The van der Waals surface area contributed by atoms with Crippen LogP contribution < -0.4 is 0 Å². The number of aryl methyl sites for hydroxylation is 1. The Morgan fingerprint density at radius 3 is 1.71 bits per heavy atom. The van der Waals surface area contributed by atoms with Gasteiger partial charge in [0.25, 0.3) is 0 Å². The lowest BCUT2D eigenvalue weighted by atomic mass is 9.71. The molecule has 3 aromatic carbocycles. The summed E-state index contributed by atoms with van der Waals surface area (Å²) in [5.41, 5.74) is 4.67. The van der Waals surface area contributed by atoms with Crippen LogP contribution in [0.15, 0.2) is 84.9 Å². The van der Waals surface area contributed by atoms with Gasteiger partial charge in [-0.3, -0.25) is 4.67 Å². The van der Waals surface area contributed by atoms with Crippen molar-refractivity contribution in [2.75, 3.05) is 19.3 Å². The van der Waals surface area contributed by atoms with E-state index in [0.29, 0.717) is 25.2 Å². The highest BCUT2D eigenvalue weighted by molar-refractivity contribution is 7.50. The fraction of sp³-hybridized carbons (Fsp3) is 0.367. The monoisotopic (exact) mass is 472 g/mol. The second-order valence-electron chi connectivity index (χ2n) is 9.30. The number of nitrogens with zero attached hydrogens (tertiary/aromatic N) is 2. The van der Waals surface area contributed by atoms with E-state index in [-0.39, 0.29) is 5.41 Å². The van der Waals surface area contributed by atoms with Gasteiger partial charge in [-0.25, -0.2) is 6.57 Å². The van der Waals surface area contributed by atoms with Crippen molar-refractivity contribution in [1.82, 2.24) is 4.67 Å². The maximum absolute atomic E-state index is 7.27. The van der Waals surface area contributed by atoms with Crippen molar-refractivity contribution in [2.45, 2.75) is 52.1 Å². The number of hydrogen-bond donors (Lipinski definition) is 0. The summed E-state index contributed by atoms with van der Waals surface area (Å²) in [6.07, 6.45) is 0.813. The lowest BCUT2D eigenvalue weighted by Gasteiger charge is -2.44. The van der Waals surface area contributed by atoms with Crippen LogP contribution in [-0.2, 0) is 9.94 Å². The molecule has 0 amide bonds. The van der Waals surface area contributed by atoms with Gasteiger partial charge < -0.3 is 9.37 Å². The van der Waals surface area contributed by atoms with Crippen molar-refractivity contribution in [2.24, 2.45) is 0 Å². The quantitative estimate of drug-likeness (QED) is 0.123. The summed E-state index contributed by atoms with van der Waals surface area (Å²) in [7, 11) is -0.991. The summed E-state index contributed by atoms with van der Waals surface area (Å²) in [4.78, 5) is 3.55. The molecule has 0 fully saturated rings. The molecule has 3 rings (SSSR count). The first-order valence-corrected chi connectivity index (χ1v) is 13.5. The molecule has 0 aliphatic carbocycles. The van der Waals surface area contributed by atoms with Crippen molar-refractivity contribution in [3.8, 4) is 0 Å². The first-order valence-electron chi connectivity index (χ1n) is 12.1. The smallest absolute Gasteiger partial charge is 0.238 e. The highest BCUT2D eigenvalue weighted by Gasteiger charge is 2.41. The molecule has 3 nitrogen and oxygen atoms in total. The van der Waals surface area contributed by atoms with Crippen LogP contribution in [0, 0.1) is 13.5 Å². The predicted molar refractivity (Wildman–Crippen MR) is 145 cm³/mol. The standard InChI is InChI=1S/C30H37N2OP/c1-24(2)32(25(3)4)34(33-22-21-31-6)23-30(27-13-9-7-10-14-27,28-15-11-8-12-16-28)29-19-17-26(5)18-20-29/h7-20,24-25H,21-23H2,1-5H3. The van der Waals surface area contributed by atoms with Crippen LogP contribution >= 0.6 is 8.30 Å². The molecule has 1 atom stereocenters. The minimum atomic E-state index is -0.991. The molecule has 3 aromatic rings. The lowest BCUT2D eigenvalue weighted by molar-refractivity contribution is 0.257. The molecule has 0 heterocycles. The van der Waals surface area contributed by atoms with Crippen LogP contribution in [0.3, 0.4) is 0 Å². The first kappa shape index (κ1) is 26.1. The maximum Gasteiger partial charge on any atom is 0.238 e. The van der Waals surface area contributed by atoms with Crippen LogP contribution in [-0.4, -0.2) is 36.1 Å². The number of benzene rings is 3. The number of hydrogen-bond acceptors (Lipinski definition) is 2. The molecule has 0 saturated carbocycles. The molecule has 0 aliphatic heterocycles. The third kappa shape index (κ3) is 5.94. The molecule has 0 aromatic heterocycles. The number of rotatable bonds is 11. The van der Waals surface area contributed by atoms with E-state index in [4.69, 9.17) is 11.1 Å². The molecule has 0 spiro atoms. The van der Waals surface area contributed by atoms with Crippen molar-refractivity contribution in [1.29, 1.82) is 0 Å². The van der Waals surface area contributed by atoms with Crippen LogP contribution in [0.4, 0.5) is 0 Å². The fourth-order valence-corrected chi connectivity index (χ4v) is 7.42. The van der Waals surface area contributed by atoms with Crippen molar-refractivity contribution >= 4 is 8.30 Å². The van der Waals surface area contributed by atoms with E-state index in [0.717, 1.165) is 6.16 Å². The second kappa shape index (κ2) is 12.3. The zero-order valence-corrected chi connectivity index (χ0v) is 22.0. The molecule has 34 heavy (non-hydrogen) atoms. The lowest BCUT2D eigenvalue weighted by Crippen LogP contribution is -2.40. The van der Waals surface area contributed by atoms with E-state index in [1.54, 1.807) is 0 Å².